The second-order valence-electron chi connectivity index (χ2n) is 3.19. The van der Waals surface area contributed by atoms with Gasteiger partial charge in [0.2, 0.25) is 0 Å². The topological polar surface area (TPSA) is 85.6 Å². The highest BCUT2D eigenvalue weighted by Crippen LogP contribution is 2.30. The van der Waals surface area contributed by atoms with Crippen LogP contribution in [0.15, 0.2) is 29.8 Å². The van der Waals surface area contributed by atoms with Crippen molar-refractivity contribution in [2.75, 3.05) is 0 Å². The molecule has 3 N–H and O–H groups in total. The van der Waals surface area contributed by atoms with E-state index in [-0.39, 0.29) is 16.8 Å². The van der Waals surface area contributed by atoms with Crippen molar-refractivity contribution in [1.29, 1.82) is 10.5 Å². The molecule has 0 amide bonds. The third-order valence-corrected chi connectivity index (χ3v) is 2.12. The molecule has 0 atom stereocenters. The molecule has 0 heterocycles. The highest BCUT2D eigenvalue weighted by atomic mass is 19.4. The first-order valence-electron chi connectivity index (χ1n) is 4.62. The molecule has 92 valence electrons. The molecule has 0 aliphatic heterocycles. The first-order chi connectivity index (χ1) is 8.43. The Hall–Kier alpha value is -2.51. The van der Waals surface area contributed by atoms with E-state index in [4.69, 9.17) is 16.4 Å². The molecule has 18 heavy (non-hydrogen) atoms. The molecular formula is C11H7F3N4. The monoisotopic (exact) mass is 252 g/mol. The van der Waals surface area contributed by atoms with Gasteiger partial charge in [0.15, 0.2) is 5.57 Å². The highest BCUT2D eigenvalue weighted by molar-refractivity contribution is 5.73. The maximum Gasteiger partial charge on any atom is 0.416 e. The Balaban J connectivity index is 3.25. The summed E-state index contributed by atoms with van der Waals surface area (Å²) in [6.07, 6.45) is -4.44. The fraction of sp³-hybridized carbons (Fsp3) is 0.0909. The normalized spacial score (nSPS) is 10.1. The molecule has 0 spiro atoms. The third kappa shape index (κ3) is 2.78. The van der Waals surface area contributed by atoms with Gasteiger partial charge in [-0.3, -0.25) is 5.84 Å². The lowest BCUT2D eigenvalue weighted by Crippen LogP contribution is -2.21. The van der Waals surface area contributed by atoms with Crippen molar-refractivity contribution < 1.29 is 13.2 Å². The van der Waals surface area contributed by atoms with Crippen molar-refractivity contribution in [3.8, 4) is 12.1 Å². The fourth-order valence-electron chi connectivity index (χ4n) is 1.26. The number of hydrogen-bond donors (Lipinski definition) is 2. The average molecular weight is 252 g/mol. The summed E-state index contributed by atoms with van der Waals surface area (Å²) in [5, 5.41) is 17.3. The first-order valence-corrected chi connectivity index (χ1v) is 4.62. The Bertz CT molecular complexity index is 528. The van der Waals surface area contributed by atoms with Crippen LogP contribution in [0.5, 0.6) is 0 Å². The molecule has 0 aliphatic rings. The smallest absolute Gasteiger partial charge is 0.322 e. The summed E-state index contributed by atoms with van der Waals surface area (Å²) in [6, 6.07) is 7.16. The lowest BCUT2D eigenvalue weighted by molar-refractivity contribution is -0.137. The molecule has 4 nitrogen and oxygen atoms in total. The minimum Gasteiger partial charge on any atom is -0.322 e. The summed E-state index contributed by atoms with van der Waals surface area (Å²) in [5.74, 6) is 5.15. The van der Waals surface area contributed by atoms with Gasteiger partial charge in [-0.15, -0.1) is 0 Å². The van der Waals surface area contributed by atoms with Crippen LogP contribution in [0.2, 0.25) is 0 Å². The van der Waals surface area contributed by atoms with Gasteiger partial charge >= 0.3 is 6.18 Å². The van der Waals surface area contributed by atoms with E-state index in [1.165, 1.54) is 0 Å². The van der Waals surface area contributed by atoms with E-state index in [0.29, 0.717) is 0 Å². The van der Waals surface area contributed by atoms with Crippen LogP contribution in [-0.2, 0) is 6.18 Å². The number of nitriles is 2. The lowest BCUT2D eigenvalue weighted by Gasteiger charge is -2.09. The van der Waals surface area contributed by atoms with Crippen LogP contribution in [0.25, 0.3) is 5.70 Å². The van der Waals surface area contributed by atoms with E-state index in [9.17, 15) is 13.2 Å². The molecule has 1 aromatic carbocycles. The molecule has 1 aromatic rings. The lowest BCUT2D eigenvalue weighted by atomic mass is 10.1. The van der Waals surface area contributed by atoms with Crippen LogP contribution in [0.1, 0.15) is 11.1 Å². The predicted octanol–water partition coefficient (Wildman–Crippen LogP) is 1.93. The van der Waals surface area contributed by atoms with Crippen molar-refractivity contribution in [2.24, 2.45) is 5.84 Å². The van der Waals surface area contributed by atoms with E-state index in [2.05, 4.69) is 5.43 Å². The number of nitrogens with zero attached hydrogens (tertiary/aromatic N) is 2. The van der Waals surface area contributed by atoms with Gasteiger partial charge in [0, 0.05) is 5.56 Å². The quantitative estimate of drug-likeness (QED) is 0.478. The van der Waals surface area contributed by atoms with E-state index in [0.717, 1.165) is 24.3 Å². The summed E-state index contributed by atoms with van der Waals surface area (Å²) in [7, 11) is 0. The predicted molar refractivity (Wildman–Crippen MR) is 56.9 cm³/mol. The molecule has 0 fully saturated rings. The van der Waals surface area contributed by atoms with E-state index >= 15 is 0 Å². The van der Waals surface area contributed by atoms with Crippen molar-refractivity contribution in [3.63, 3.8) is 0 Å². The minimum atomic E-state index is -4.44. The molecule has 0 radical (unpaired) electrons. The summed E-state index contributed by atoms with van der Waals surface area (Å²) in [6.45, 7) is 0. The molecule has 0 aromatic heterocycles. The summed E-state index contributed by atoms with van der Waals surface area (Å²) in [4.78, 5) is 0. The largest absolute Gasteiger partial charge is 0.416 e. The minimum absolute atomic E-state index is 0.0197. The van der Waals surface area contributed by atoms with Gasteiger partial charge in [0.25, 0.3) is 0 Å². The van der Waals surface area contributed by atoms with Crippen LogP contribution in [0.3, 0.4) is 0 Å². The zero-order chi connectivity index (χ0) is 13.8. The van der Waals surface area contributed by atoms with Crippen LogP contribution in [-0.4, -0.2) is 0 Å². The third-order valence-electron chi connectivity index (χ3n) is 2.12. The standard InChI is InChI=1S/C11H7F3N4/c12-11(13,14)9-3-1-7(2-4-9)10(18-17)8(5-15)6-16/h1-4,18H,17H2. The summed E-state index contributed by atoms with van der Waals surface area (Å²) in [5.41, 5.74) is 1.21. The Morgan fingerprint density at radius 3 is 1.94 bits per heavy atom. The summed E-state index contributed by atoms with van der Waals surface area (Å²) < 4.78 is 37.0. The Morgan fingerprint density at radius 1 is 1.11 bits per heavy atom. The zero-order valence-electron chi connectivity index (χ0n) is 8.92. The Morgan fingerprint density at radius 2 is 1.61 bits per heavy atom. The van der Waals surface area contributed by atoms with Crippen molar-refractivity contribution in [1.82, 2.24) is 5.43 Å². The van der Waals surface area contributed by atoms with Gasteiger partial charge < -0.3 is 5.43 Å². The molecule has 7 heteroatoms. The number of hydrogen-bond acceptors (Lipinski definition) is 4. The van der Waals surface area contributed by atoms with Gasteiger partial charge in [0.1, 0.15) is 12.1 Å². The molecule has 0 bridgehead atoms. The molecule has 0 unspecified atom stereocenters. The van der Waals surface area contributed by atoms with Crippen molar-refractivity contribution >= 4 is 5.70 Å². The first kappa shape index (κ1) is 13.6. The van der Waals surface area contributed by atoms with Crippen LogP contribution in [0.4, 0.5) is 13.2 Å². The highest BCUT2D eigenvalue weighted by Gasteiger charge is 2.30. The zero-order valence-corrected chi connectivity index (χ0v) is 8.92. The summed E-state index contributed by atoms with van der Waals surface area (Å²) >= 11 is 0. The Kier molecular flexibility index (Phi) is 3.93. The van der Waals surface area contributed by atoms with E-state index in [1.54, 1.807) is 12.1 Å². The van der Waals surface area contributed by atoms with Gasteiger partial charge in [-0.25, -0.2) is 0 Å². The fourth-order valence-corrected chi connectivity index (χ4v) is 1.26. The van der Waals surface area contributed by atoms with Crippen LogP contribution >= 0.6 is 0 Å². The second-order valence-corrected chi connectivity index (χ2v) is 3.19. The second kappa shape index (κ2) is 5.21. The van der Waals surface area contributed by atoms with Gasteiger partial charge in [-0.1, -0.05) is 12.1 Å². The molecule has 1 rings (SSSR count). The van der Waals surface area contributed by atoms with E-state index in [1.807, 2.05) is 0 Å². The molecular weight excluding hydrogens is 245 g/mol. The Labute approximate surface area is 101 Å². The number of benzene rings is 1. The number of alkyl halides is 3. The number of allylic oxidation sites excluding steroid dienone is 1. The number of nitrogens with two attached hydrogens (primary N) is 1. The molecule has 0 saturated heterocycles. The van der Waals surface area contributed by atoms with Gasteiger partial charge in [-0.2, -0.15) is 23.7 Å². The molecule has 0 saturated carbocycles. The van der Waals surface area contributed by atoms with Crippen LogP contribution < -0.4 is 11.3 Å². The average Bonchev–Trinajstić information content (AvgIpc) is 2.35. The maximum absolute atomic E-state index is 12.3. The van der Waals surface area contributed by atoms with Gasteiger partial charge in [0.05, 0.1) is 11.3 Å². The number of halogens is 3. The van der Waals surface area contributed by atoms with Crippen molar-refractivity contribution in [3.05, 3.63) is 41.0 Å². The number of rotatable bonds is 2. The van der Waals surface area contributed by atoms with Gasteiger partial charge in [-0.05, 0) is 12.1 Å². The van der Waals surface area contributed by atoms with Crippen LogP contribution in [0, 0.1) is 22.7 Å². The molecule has 0 aliphatic carbocycles. The van der Waals surface area contributed by atoms with Crippen molar-refractivity contribution in [2.45, 2.75) is 6.18 Å². The van der Waals surface area contributed by atoms with E-state index < -0.39 is 11.7 Å². The number of hydrazine groups is 1. The number of nitrogens with one attached hydrogen (secondary N) is 1. The maximum atomic E-state index is 12.3. The SMILES string of the molecule is N#CC(C#N)=C(NN)c1ccc(C(F)(F)F)cc1.